The van der Waals surface area contributed by atoms with E-state index in [0.29, 0.717) is 22.4 Å². The second kappa shape index (κ2) is 7.46. The number of fused-ring (bicyclic) bond motifs is 1. The number of hydrogen-bond donors (Lipinski definition) is 2. The molecule has 1 saturated heterocycles. The molecule has 0 aliphatic carbocycles. The first-order valence-corrected chi connectivity index (χ1v) is 9.93. The van der Waals surface area contributed by atoms with Gasteiger partial charge in [-0.1, -0.05) is 30.3 Å². The summed E-state index contributed by atoms with van der Waals surface area (Å²) in [4.78, 5) is 20.8. The predicted molar refractivity (Wildman–Crippen MR) is 109 cm³/mol. The van der Waals surface area contributed by atoms with Gasteiger partial charge in [0.1, 0.15) is 22.2 Å². The third kappa shape index (κ3) is 3.78. The lowest BCUT2D eigenvalue weighted by atomic mass is 9.94. The molecule has 7 nitrogen and oxygen atoms in total. The van der Waals surface area contributed by atoms with Crippen LogP contribution in [-0.4, -0.2) is 39.1 Å². The van der Waals surface area contributed by atoms with Crippen LogP contribution < -0.4 is 16.4 Å². The molecule has 0 radical (unpaired) electrons. The van der Waals surface area contributed by atoms with Gasteiger partial charge in [0.15, 0.2) is 5.65 Å². The summed E-state index contributed by atoms with van der Waals surface area (Å²) in [5.74, 6) is 1.68. The normalized spacial score (nSPS) is 20.2. The molecule has 0 saturated carbocycles. The highest BCUT2D eigenvalue weighted by Gasteiger charge is 2.24. The molecule has 0 unspecified atom stereocenters. The van der Waals surface area contributed by atoms with E-state index < -0.39 is 0 Å². The Balaban J connectivity index is 1.58. The van der Waals surface area contributed by atoms with Crippen LogP contribution in [0.4, 0.5) is 11.6 Å². The van der Waals surface area contributed by atoms with Crippen LogP contribution in [0.1, 0.15) is 13.3 Å². The number of halogens is 1. The molecule has 9 heteroatoms. The molecule has 0 aromatic carbocycles. The summed E-state index contributed by atoms with van der Waals surface area (Å²) < 4.78 is 0. The maximum atomic E-state index is 6.21. The summed E-state index contributed by atoms with van der Waals surface area (Å²) in [6, 6.07) is 5.80. The molecule has 1 aliphatic heterocycles. The summed E-state index contributed by atoms with van der Waals surface area (Å²) in [6.45, 7) is 3.93. The molecule has 3 aromatic heterocycles. The van der Waals surface area contributed by atoms with E-state index in [9.17, 15) is 0 Å². The largest absolute Gasteiger partial charge is 0.382 e. The molecular weight excluding hydrogens is 382 g/mol. The fourth-order valence-electron chi connectivity index (χ4n) is 3.03. The highest BCUT2D eigenvalue weighted by atomic mass is 35.5. The molecule has 4 rings (SSSR count). The molecule has 140 valence electrons. The van der Waals surface area contributed by atoms with Crippen molar-refractivity contribution in [3.8, 4) is 0 Å². The van der Waals surface area contributed by atoms with E-state index in [2.05, 4.69) is 26.8 Å². The van der Waals surface area contributed by atoms with Crippen LogP contribution in [0.2, 0.25) is 5.02 Å². The molecule has 4 N–H and O–H groups in total. The van der Waals surface area contributed by atoms with Gasteiger partial charge in [-0.25, -0.2) is 19.9 Å². The Morgan fingerprint density at radius 2 is 2.07 bits per heavy atom. The smallest absolute Gasteiger partial charge is 0.179 e. The Bertz CT molecular complexity index is 983. The first-order valence-electron chi connectivity index (χ1n) is 8.73. The lowest BCUT2D eigenvalue weighted by Crippen LogP contribution is -2.47. The van der Waals surface area contributed by atoms with Gasteiger partial charge in [0, 0.05) is 30.2 Å². The minimum atomic E-state index is 0.158. The van der Waals surface area contributed by atoms with Crippen LogP contribution in [0.3, 0.4) is 0 Å². The van der Waals surface area contributed by atoms with E-state index in [-0.39, 0.29) is 6.04 Å². The van der Waals surface area contributed by atoms with Crippen molar-refractivity contribution in [1.82, 2.24) is 19.9 Å². The molecule has 0 bridgehead atoms. The minimum absolute atomic E-state index is 0.158. The molecule has 1 aliphatic rings. The second-order valence-electron chi connectivity index (χ2n) is 6.71. The quantitative estimate of drug-likeness (QED) is 0.689. The number of aromatic nitrogens is 4. The lowest BCUT2D eigenvalue weighted by molar-refractivity contribution is 0.378. The summed E-state index contributed by atoms with van der Waals surface area (Å²) in [7, 11) is 0. The number of anilines is 2. The van der Waals surface area contributed by atoms with E-state index in [1.54, 1.807) is 12.4 Å². The number of piperidine rings is 1. The van der Waals surface area contributed by atoms with Gasteiger partial charge in [0.2, 0.25) is 0 Å². The monoisotopic (exact) mass is 401 g/mol. The average Bonchev–Trinajstić information content (AvgIpc) is 2.67. The van der Waals surface area contributed by atoms with Gasteiger partial charge >= 0.3 is 0 Å². The van der Waals surface area contributed by atoms with Gasteiger partial charge in [-0.3, -0.25) is 0 Å². The van der Waals surface area contributed by atoms with Gasteiger partial charge in [-0.2, -0.15) is 0 Å². The molecular formula is C18H20ClN7S. The number of nitrogens with zero attached hydrogens (tertiary/aromatic N) is 5. The molecule has 2 atom stereocenters. The van der Waals surface area contributed by atoms with Gasteiger partial charge < -0.3 is 16.4 Å². The van der Waals surface area contributed by atoms with Crippen molar-refractivity contribution in [3.05, 3.63) is 35.6 Å². The SMILES string of the molecule is C[C@@H]1CCN(c2cnc3nc(Sc4ccnc(N)c4Cl)ccc3n2)C[C@@H]1N. The molecule has 27 heavy (non-hydrogen) atoms. The Labute approximate surface area is 166 Å². The molecule has 4 heterocycles. The standard InChI is InChI=1S/C18H20ClN7S/c1-10-5-7-26(9-11(10)20)14-8-23-18-12(24-14)2-3-15(25-18)27-13-4-6-22-17(21)16(13)19/h2-4,6,8,10-11H,5,7,9,20H2,1H3,(H2,21,22)/t10-,11+/m1/s1. The number of hydrogen-bond acceptors (Lipinski definition) is 8. The minimum Gasteiger partial charge on any atom is -0.382 e. The lowest BCUT2D eigenvalue weighted by Gasteiger charge is -2.35. The number of pyridine rings is 2. The van der Waals surface area contributed by atoms with E-state index in [1.165, 1.54) is 11.8 Å². The van der Waals surface area contributed by atoms with E-state index in [4.69, 9.17) is 28.1 Å². The van der Waals surface area contributed by atoms with E-state index >= 15 is 0 Å². The van der Waals surface area contributed by atoms with Crippen LogP contribution >= 0.6 is 23.4 Å². The van der Waals surface area contributed by atoms with Crippen molar-refractivity contribution < 1.29 is 0 Å². The maximum Gasteiger partial charge on any atom is 0.179 e. The van der Waals surface area contributed by atoms with Crippen molar-refractivity contribution in [3.63, 3.8) is 0 Å². The van der Waals surface area contributed by atoms with E-state index in [0.717, 1.165) is 40.8 Å². The molecule has 3 aromatic rings. The van der Waals surface area contributed by atoms with Crippen molar-refractivity contribution in [1.29, 1.82) is 0 Å². The molecule has 0 spiro atoms. The first-order chi connectivity index (χ1) is 13.0. The number of rotatable bonds is 3. The van der Waals surface area contributed by atoms with Gasteiger partial charge in [-0.15, -0.1) is 0 Å². The fourth-order valence-corrected chi connectivity index (χ4v) is 4.07. The van der Waals surface area contributed by atoms with Gasteiger partial charge in [0.25, 0.3) is 0 Å². The third-order valence-electron chi connectivity index (χ3n) is 4.80. The van der Waals surface area contributed by atoms with Crippen LogP contribution in [0.5, 0.6) is 0 Å². The second-order valence-corrected chi connectivity index (χ2v) is 8.15. The zero-order valence-electron chi connectivity index (χ0n) is 14.8. The fraction of sp³-hybridized carbons (Fsp3) is 0.333. The predicted octanol–water partition coefficient (Wildman–Crippen LogP) is 2.98. The van der Waals surface area contributed by atoms with Gasteiger partial charge in [0.05, 0.1) is 11.2 Å². The number of nitrogens with two attached hydrogens (primary N) is 2. The van der Waals surface area contributed by atoms with Crippen LogP contribution in [0, 0.1) is 5.92 Å². The Morgan fingerprint density at radius 3 is 2.89 bits per heavy atom. The highest BCUT2D eigenvalue weighted by molar-refractivity contribution is 7.99. The highest BCUT2D eigenvalue weighted by Crippen LogP contribution is 2.34. The Kier molecular flexibility index (Phi) is 5.03. The van der Waals surface area contributed by atoms with E-state index in [1.807, 2.05) is 18.2 Å². The Hall–Kier alpha value is -2.16. The number of nitrogen functional groups attached to an aromatic ring is 1. The van der Waals surface area contributed by atoms with Crippen molar-refractivity contribution >= 4 is 46.2 Å². The Morgan fingerprint density at radius 1 is 1.22 bits per heavy atom. The first kappa shape index (κ1) is 18.2. The maximum absolute atomic E-state index is 6.21. The molecule has 1 fully saturated rings. The van der Waals surface area contributed by atoms with Gasteiger partial charge in [-0.05, 0) is 30.5 Å². The summed E-state index contributed by atoms with van der Waals surface area (Å²) in [5.41, 5.74) is 13.3. The topological polar surface area (TPSA) is 107 Å². The van der Waals surface area contributed by atoms with Crippen LogP contribution in [-0.2, 0) is 0 Å². The summed E-state index contributed by atoms with van der Waals surface area (Å²) in [5, 5.41) is 1.20. The zero-order valence-corrected chi connectivity index (χ0v) is 16.4. The van der Waals surface area contributed by atoms with Crippen molar-refractivity contribution in [2.24, 2.45) is 11.7 Å². The third-order valence-corrected chi connectivity index (χ3v) is 6.31. The zero-order chi connectivity index (χ0) is 19.0. The average molecular weight is 402 g/mol. The van der Waals surface area contributed by atoms with Crippen LogP contribution in [0.15, 0.2) is 40.5 Å². The van der Waals surface area contributed by atoms with Crippen LogP contribution in [0.25, 0.3) is 11.2 Å². The molecule has 0 amide bonds. The van der Waals surface area contributed by atoms with Crippen molar-refractivity contribution in [2.45, 2.75) is 29.3 Å². The van der Waals surface area contributed by atoms with Crippen molar-refractivity contribution in [2.75, 3.05) is 23.7 Å². The summed E-state index contributed by atoms with van der Waals surface area (Å²) in [6.07, 6.45) is 4.45. The summed E-state index contributed by atoms with van der Waals surface area (Å²) >= 11 is 7.63.